The summed E-state index contributed by atoms with van der Waals surface area (Å²) < 4.78 is 0. The van der Waals surface area contributed by atoms with E-state index in [1.165, 1.54) is 11.8 Å². The first-order valence-electron chi connectivity index (χ1n) is 6.03. The summed E-state index contributed by atoms with van der Waals surface area (Å²) in [7, 11) is 1.91. The number of hydrogen-bond acceptors (Lipinski definition) is 3. The van der Waals surface area contributed by atoms with Gasteiger partial charge in [0.25, 0.3) is 0 Å². The van der Waals surface area contributed by atoms with Gasteiger partial charge >= 0.3 is 6.03 Å². The smallest absolute Gasteiger partial charge is 0.313 e. The molecule has 6 nitrogen and oxygen atoms in total. The number of benzene rings is 1. The van der Waals surface area contributed by atoms with Crippen LogP contribution in [0.5, 0.6) is 0 Å². The van der Waals surface area contributed by atoms with Gasteiger partial charge in [0.1, 0.15) is 0 Å². The van der Waals surface area contributed by atoms with E-state index >= 15 is 0 Å². The van der Waals surface area contributed by atoms with Gasteiger partial charge in [-0.2, -0.15) is 5.10 Å². The Bertz CT molecular complexity index is 520. The number of aromatic nitrogens is 2. The molecule has 1 atom stereocenters. The molecule has 1 aromatic carbocycles. The van der Waals surface area contributed by atoms with Gasteiger partial charge in [-0.1, -0.05) is 12.1 Å². The molecule has 0 aliphatic rings. The molecule has 1 unspecified atom stereocenters. The zero-order valence-corrected chi connectivity index (χ0v) is 10.9. The van der Waals surface area contributed by atoms with Gasteiger partial charge in [-0.05, 0) is 31.7 Å². The summed E-state index contributed by atoms with van der Waals surface area (Å²) >= 11 is 0. The molecule has 0 saturated carbocycles. The Morgan fingerprint density at radius 3 is 2.47 bits per heavy atom. The zero-order valence-electron chi connectivity index (χ0n) is 10.9. The molecule has 0 saturated heterocycles. The predicted molar refractivity (Wildman–Crippen MR) is 75.1 cm³/mol. The third-order valence-corrected chi connectivity index (χ3v) is 2.86. The predicted octanol–water partition coefficient (Wildman–Crippen LogP) is 2.33. The van der Waals surface area contributed by atoms with Gasteiger partial charge in [0, 0.05) is 17.9 Å². The summed E-state index contributed by atoms with van der Waals surface area (Å²) in [5, 5.41) is 15.0. The molecular formula is C13H17N5O. The zero-order chi connectivity index (χ0) is 13.7. The lowest BCUT2D eigenvalue weighted by molar-refractivity contribution is 0.262. The van der Waals surface area contributed by atoms with Crippen LogP contribution in [-0.4, -0.2) is 23.3 Å². The van der Waals surface area contributed by atoms with Crippen molar-refractivity contribution in [1.82, 2.24) is 15.5 Å². The highest BCUT2D eigenvalue weighted by molar-refractivity contribution is 5.99. The number of rotatable bonds is 4. The quantitative estimate of drug-likeness (QED) is 0.680. The highest BCUT2D eigenvalue weighted by Crippen LogP contribution is 2.15. The van der Waals surface area contributed by atoms with Crippen molar-refractivity contribution in [1.29, 1.82) is 0 Å². The van der Waals surface area contributed by atoms with Crippen LogP contribution in [0.4, 0.5) is 16.2 Å². The SMILES string of the molecule is CNC(C)c1ccc(NC(=O)Nc2cn[nH]c2)cc1. The number of nitrogens with one attached hydrogen (secondary N) is 4. The fraction of sp³-hybridized carbons (Fsp3) is 0.231. The van der Waals surface area contributed by atoms with Gasteiger partial charge in [-0.15, -0.1) is 0 Å². The third-order valence-electron chi connectivity index (χ3n) is 2.86. The number of carbonyl (C=O) groups excluding carboxylic acids is 1. The lowest BCUT2D eigenvalue weighted by Crippen LogP contribution is -2.19. The molecule has 19 heavy (non-hydrogen) atoms. The van der Waals surface area contributed by atoms with Crippen LogP contribution < -0.4 is 16.0 Å². The van der Waals surface area contributed by atoms with Crippen molar-refractivity contribution in [3.05, 3.63) is 42.2 Å². The number of H-pyrrole nitrogens is 1. The minimum Gasteiger partial charge on any atom is -0.313 e. The van der Waals surface area contributed by atoms with Crippen molar-refractivity contribution >= 4 is 17.4 Å². The summed E-state index contributed by atoms with van der Waals surface area (Å²) in [6.45, 7) is 2.08. The maximum absolute atomic E-state index is 11.7. The van der Waals surface area contributed by atoms with Gasteiger partial charge in [0.05, 0.1) is 11.9 Å². The highest BCUT2D eigenvalue weighted by Gasteiger charge is 2.05. The Labute approximate surface area is 111 Å². The second-order valence-corrected chi connectivity index (χ2v) is 4.20. The summed E-state index contributed by atoms with van der Waals surface area (Å²) in [6, 6.07) is 7.70. The molecule has 0 fully saturated rings. The normalized spacial score (nSPS) is 11.9. The van der Waals surface area contributed by atoms with Crippen LogP contribution in [0.15, 0.2) is 36.7 Å². The van der Waals surface area contributed by atoms with Crippen molar-refractivity contribution in [2.45, 2.75) is 13.0 Å². The van der Waals surface area contributed by atoms with E-state index in [4.69, 9.17) is 0 Å². The van der Waals surface area contributed by atoms with Crippen molar-refractivity contribution in [3.63, 3.8) is 0 Å². The van der Waals surface area contributed by atoms with E-state index in [0.717, 1.165) is 5.69 Å². The number of amides is 2. The molecule has 100 valence electrons. The molecule has 0 aliphatic heterocycles. The van der Waals surface area contributed by atoms with E-state index in [2.05, 4.69) is 33.1 Å². The maximum atomic E-state index is 11.7. The minimum absolute atomic E-state index is 0.286. The average Bonchev–Trinajstić information content (AvgIpc) is 2.91. The standard InChI is InChI=1S/C13H17N5O/c1-9(14-2)10-3-5-11(6-4-10)17-13(19)18-12-7-15-16-8-12/h3-9,14H,1-2H3,(H,15,16)(H2,17,18,19). The monoisotopic (exact) mass is 259 g/mol. The van der Waals surface area contributed by atoms with E-state index in [1.54, 1.807) is 6.20 Å². The van der Waals surface area contributed by atoms with Gasteiger partial charge in [-0.3, -0.25) is 5.10 Å². The van der Waals surface area contributed by atoms with Gasteiger partial charge in [-0.25, -0.2) is 4.79 Å². The molecule has 2 amide bonds. The number of hydrogen-bond donors (Lipinski definition) is 4. The molecule has 0 aliphatic carbocycles. The Kier molecular flexibility index (Phi) is 4.15. The van der Waals surface area contributed by atoms with Gasteiger partial charge < -0.3 is 16.0 Å². The molecule has 2 rings (SSSR count). The second kappa shape index (κ2) is 6.01. The first-order valence-corrected chi connectivity index (χ1v) is 6.03. The first kappa shape index (κ1) is 13.1. The van der Waals surface area contributed by atoms with Crippen LogP contribution in [0, 0.1) is 0 Å². The number of urea groups is 1. The second-order valence-electron chi connectivity index (χ2n) is 4.20. The Morgan fingerprint density at radius 1 is 1.21 bits per heavy atom. The molecule has 0 radical (unpaired) electrons. The fourth-order valence-corrected chi connectivity index (χ4v) is 1.63. The molecule has 0 spiro atoms. The third kappa shape index (κ3) is 3.56. The van der Waals surface area contributed by atoms with Gasteiger partial charge in [0.15, 0.2) is 0 Å². The fourth-order valence-electron chi connectivity index (χ4n) is 1.63. The lowest BCUT2D eigenvalue weighted by atomic mass is 10.1. The highest BCUT2D eigenvalue weighted by atomic mass is 16.2. The summed E-state index contributed by atoms with van der Waals surface area (Å²) in [4.78, 5) is 11.7. The first-order chi connectivity index (χ1) is 9.19. The van der Waals surface area contributed by atoms with E-state index in [1.807, 2.05) is 31.3 Å². The van der Waals surface area contributed by atoms with Crippen LogP contribution in [-0.2, 0) is 0 Å². The Hall–Kier alpha value is -2.34. The molecule has 4 N–H and O–H groups in total. The number of carbonyl (C=O) groups is 1. The van der Waals surface area contributed by atoms with Crippen molar-refractivity contribution < 1.29 is 4.79 Å². The maximum Gasteiger partial charge on any atom is 0.323 e. The summed E-state index contributed by atoms with van der Waals surface area (Å²) in [5.74, 6) is 0. The van der Waals surface area contributed by atoms with Crippen molar-refractivity contribution in [2.24, 2.45) is 0 Å². The molecule has 0 bridgehead atoms. The Morgan fingerprint density at radius 2 is 1.89 bits per heavy atom. The van der Waals surface area contributed by atoms with Crippen LogP contribution in [0.2, 0.25) is 0 Å². The largest absolute Gasteiger partial charge is 0.323 e. The number of aromatic amines is 1. The van der Waals surface area contributed by atoms with Crippen LogP contribution in [0.3, 0.4) is 0 Å². The van der Waals surface area contributed by atoms with E-state index in [9.17, 15) is 4.79 Å². The molecule has 2 aromatic rings. The van der Waals surface area contributed by atoms with Crippen LogP contribution >= 0.6 is 0 Å². The molecular weight excluding hydrogens is 242 g/mol. The topological polar surface area (TPSA) is 81.8 Å². The van der Waals surface area contributed by atoms with Crippen molar-refractivity contribution in [2.75, 3.05) is 17.7 Å². The van der Waals surface area contributed by atoms with E-state index in [0.29, 0.717) is 5.69 Å². The molecule has 6 heteroatoms. The lowest BCUT2D eigenvalue weighted by Gasteiger charge is -2.11. The van der Waals surface area contributed by atoms with E-state index < -0.39 is 0 Å². The Balaban J connectivity index is 1.94. The summed E-state index contributed by atoms with van der Waals surface area (Å²) in [5.41, 5.74) is 2.54. The van der Waals surface area contributed by atoms with E-state index in [-0.39, 0.29) is 12.1 Å². The van der Waals surface area contributed by atoms with Gasteiger partial charge in [0.2, 0.25) is 0 Å². The van der Waals surface area contributed by atoms with Crippen LogP contribution in [0.1, 0.15) is 18.5 Å². The average molecular weight is 259 g/mol. The van der Waals surface area contributed by atoms with Crippen molar-refractivity contribution in [3.8, 4) is 0 Å². The molecule has 1 aromatic heterocycles. The number of anilines is 2. The molecule has 1 heterocycles. The summed E-state index contributed by atoms with van der Waals surface area (Å²) in [6.07, 6.45) is 3.15. The minimum atomic E-state index is -0.296. The van der Waals surface area contributed by atoms with Crippen LogP contribution in [0.25, 0.3) is 0 Å². The number of nitrogens with zero attached hydrogens (tertiary/aromatic N) is 1.